The molecule has 4 nitrogen and oxygen atoms in total. The normalized spacial score (nSPS) is 17.2. The molecule has 1 atom stereocenters. The summed E-state index contributed by atoms with van der Waals surface area (Å²) in [4.78, 5) is 0. The van der Waals surface area contributed by atoms with Crippen molar-refractivity contribution in [3.63, 3.8) is 0 Å². The van der Waals surface area contributed by atoms with Crippen molar-refractivity contribution in [3.05, 3.63) is 29.3 Å². The largest absolute Gasteiger partial charge is 0.491 e. The molecule has 112 valence electrons. The van der Waals surface area contributed by atoms with E-state index in [2.05, 4.69) is 30.4 Å². The highest BCUT2D eigenvalue weighted by Gasteiger charge is 2.24. The molecule has 0 saturated heterocycles. The SMILES string of the molecule is CCNC1CCc2c(OCCOCCOC)cccc21. The second-order valence-corrected chi connectivity index (χ2v) is 4.93. The van der Waals surface area contributed by atoms with Gasteiger partial charge in [-0.05, 0) is 36.6 Å². The summed E-state index contributed by atoms with van der Waals surface area (Å²) in [5.74, 6) is 1.01. The Hall–Kier alpha value is -1.10. The Kier molecular flexibility index (Phi) is 6.30. The van der Waals surface area contributed by atoms with Gasteiger partial charge in [-0.1, -0.05) is 19.1 Å². The van der Waals surface area contributed by atoms with E-state index in [-0.39, 0.29) is 0 Å². The number of ether oxygens (including phenoxy) is 3. The average Bonchev–Trinajstić information content (AvgIpc) is 2.87. The molecular formula is C16H25NO3. The minimum atomic E-state index is 0.483. The molecule has 1 aliphatic rings. The van der Waals surface area contributed by atoms with Crippen LogP contribution in [0.5, 0.6) is 5.75 Å². The number of fused-ring (bicyclic) bond motifs is 1. The van der Waals surface area contributed by atoms with Crippen LogP contribution in [-0.4, -0.2) is 40.1 Å². The van der Waals surface area contributed by atoms with Gasteiger partial charge < -0.3 is 19.5 Å². The van der Waals surface area contributed by atoms with E-state index in [1.54, 1.807) is 7.11 Å². The molecule has 20 heavy (non-hydrogen) atoms. The molecule has 0 radical (unpaired) electrons. The zero-order valence-electron chi connectivity index (χ0n) is 12.5. The van der Waals surface area contributed by atoms with E-state index in [0.717, 1.165) is 25.1 Å². The lowest BCUT2D eigenvalue weighted by atomic mass is 10.1. The molecule has 0 spiro atoms. The fourth-order valence-corrected chi connectivity index (χ4v) is 2.67. The van der Waals surface area contributed by atoms with Crippen molar-refractivity contribution in [1.82, 2.24) is 5.32 Å². The number of methoxy groups -OCH3 is 1. The third kappa shape index (κ3) is 3.95. The van der Waals surface area contributed by atoms with E-state index >= 15 is 0 Å². The molecule has 0 aliphatic heterocycles. The number of rotatable bonds is 9. The van der Waals surface area contributed by atoms with Crippen molar-refractivity contribution in [2.24, 2.45) is 0 Å². The lowest BCUT2D eigenvalue weighted by molar-refractivity contribution is 0.0543. The van der Waals surface area contributed by atoms with Crippen LogP contribution in [0.1, 0.15) is 30.5 Å². The molecule has 4 heteroatoms. The van der Waals surface area contributed by atoms with Gasteiger partial charge in [-0.15, -0.1) is 0 Å². The summed E-state index contributed by atoms with van der Waals surface area (Å²) in [7, 11) is 1.67. The van der Waals surface area contributed by atoms with Gasteiger partial charge in [0.05, 0.1) is 19.8 Å². The lowest BCUT2D eigenvalue weighted by Crippen LogP contribution is -2.18. The first-order valence-corrected chi connectivity index (χ1v) is 7.41. The van der Waals surface area contributed by atoms with E-state index < -0.39 is 0 Å². The van der Waals surface area contributed by atoms with Gasteiger partial charge in [-0.25, -0.2) is 0 Å². The number of hydrogen-bond acceptors (Lipinski definition) is 4. The van der Waals surface area contributed by atoms with Crippen LogP contribution in [0.4, 0.5) is 0 Å². The van der Waals surface area contributed by atoms with Crippen LogP contribution in [-0.2, 0) is 15.9 Å². The first-order chi connectivity index (χ1) is 9.86. The first-order valence-electron chi connectivity index (χ1n) is 7.41. The van der Waals surface area contributed by atoms with Gasteiger partial charge in [0, 0.05) is 13.2 Å². The van der Waals surface area contributed by atoms with Crippen LogP contribution < -0.4 is 10.1 Å². The van der Waals surface area contributed by atoms with Gasteiger partial charge in [-0.3, -0.25) is 0 Å². The third-order valence-electron chi connectivity index (χ3n) is 3.60. The third-order valence-corrected chi connectivity index (χ3v) is 3.60. The fourth-order valence-electron chi connectivity index (χ4n) is 2.67. The van der Waals surface area contributed by atoms with Gasteiger partial charge in [-0.2, -0.15) is 0 Å². The second kappa shape index (κ2) is 8.25. The summed E-state index contributed by atoms with van der Waals surface area (Å²) < 4.78 is 16.2. The smallest absolute Gasteiger partial charge is 0.122 e. The minimum absolute atomic E-state index is 0.483. The highest BCUT2D eigenvalue weighted by molar-refractivity contribution is 5.45. The summed E-state index contributed by atoms with van der Waals surface area (Å²) in [5.41, 5.74) is 2.75. The number of benzene rings is 1. The minimum Gasteiger partial charge on any atom is -0.491 e. The van der Waals surface area contributed by atoms with Crippen LogP contribution in [0.25, 0.3) is 0 Å². The van der Waals surface area contributed by atoms with Crippen molar-refractivity contribution in [2.75, 3.05) is 40.1 Å². The Balaban J connectivity index is 1.84. The quantitative estimate of drug-likeness (QED) is 0.704. The molecule has 0 aromatic heterocycles. The van der Waals surface area contributed by atoms with E-state index in [4.69, 9.17) is 14.2 Å². The standard InChI is InChI=1S/C16H25NO3/c1-3-17-15-8-7-14-13(15)5-4-6-16(14)20-12-11-19-10-9-18-2/h4-6,15,17H,3,7-12H2,1-2H3. The number of nitrogens with one attached hydrogen (secondary N) is 1. The average molecular weight is 279 g/mol. The summed E-state index contributed by atoms with van der Waals surface area (Å²) in [5, 5.41) is 3.52. The highest BCUT2D eigenvalue weighted by atomic mass is 16.5. The maximum atomic E-state index is 5.86. The monoisotopic (exact) mass is 279 g/mol. The van der Waals surface area contributed by atoms with Crippen LogP contribution in [0.15, 0.2) is 18.2 Å². The van der Waals surface area contributed by atoms with Crippen molar-refractivity contribution >= 4 is 0 Å². The molecule has 0 amide bonds. The molecule has 1 unspecified atom stereocenters. The van der Waals surface area contributed by atoms with Crippen LogP contribution in [0.2, 0.25) is 0 Å². The Morgan fingerprint density at radius 1 is 1.20 bits per heavy atom. The summed E-state index contributed by atoms with van der Waals surface area (Å²) in [6.07, 6.45) is 2.25. The number of hydrogen-bond donors (Lipinski definition) is 1. The molecule has 1 aliphatic carbocycles. The van der Waals surface area contributed by atoms with Crippen LogP contribution >= 0.6 is 0 Å². The lowest BCUT2D eigenvalue weighted by Gasteiger charge is -2.14. The molecule has 0 fully saturated rings. The molecular weight excluding hydrogens is 254 g/mol. The first kappa shape index (κ1) is 15.3. The van der Waals surface area contributed by atoms with Crippen molar-refractivity contribution in [1.29, 1.82) is 0 Å². The maximum Gasteiger partial charge on any atom is 0.122 e. The zero-order valence-corrected chi connectivity index (χ0v) is 12.5. The van der Waals surface area contributed by atoms with Gasteiger partial charge in [0.25, 0.3) is 0 Å². The molecule has 0 heterocycles. The predicted octanol–water partition coefficient (Wildman–Crippen LogP) is 2.33. The van der Waals surface area contributed by atoms with Gasteiger partial charge in [0.2, 0.25) is 0 Å². The van der Waals surface area contributed by atoms with Crippen molar-refractivity contribution in [3.8, 4) is 5.75 Å². The Morgan fingerprint density at radius 3 is 2.85 bits per heavy atom. The van der Waals surface area contributed by atoms with E-state index in [9.17, 15) is 0 Å². The van der Waals surface area contributed by atoms with Crippen molar-refractivity contribution < 1.29 is 14.2 Å². The molecule has 1 aromatic carbocycles. The van der Waals surface area contributed by atoms with Crippen LogP contribution in [0.3, 0.4) is 0 Å². The zero-order chi connectivity index (χ0) is 14.2. The summed E-state index contributed by atoms with van der Waals surface area (Å²) in [6.45, 7) is 5.59. The predicted molar refractivity (Wildman–Crippen MR) is 79.4 cm³/mol. The second-order valence-electron chi connectivity index (χ2n) is 4.93. The Labute approximate surface area is 121 Å². The molecule has 1 N–H and O–H groups in total. The summed E-state index contributed by atoms with van der Waals surface area (Å²) in [6, 6.07) is 6.83. The van der Waals surface area contributed by atoms with Gasteiger partial charge >= 0.3 is 0 Å². The molecule has 1 aromatic rings. The molecule has 0 bridgehead atoms. The topological polar surface area (TPSA) is 39.7 Å². The molecule has 2 rings (SSSR count). The Morgan fingerprint density at radius 2 is 2.05 bits per heavy atom. The fraction of sp³-hybridized carbons (Fsp3) is 0.625. The molecule has 0 saturated carbocycles. The van der Waals surface area contributed by atoms with Crippen molar-refractivity contribution in [2.45, 2.75) is 25.8 Å². The summed E-state index contributed by atoms with van der Waals surface area (Å²) >= 11 is 0. The van der Waals surface area contributed by atoms with Gasteiger partial charge in [0.15, 0.2) is 0 Å². The Bertz CT molecular complexity index is 409. The van der Waals surface area contributed by atoms with E-state index in [1.807, 2.05) is 0 Å². The van der Waals surface area contributed by atoms with E-state index in [0.29, 0.717) is 32.5 Å². The maximum absolute atomic E-state index is 5.86. The van der Waals surface area contributed by atoms with Crippen LogP contribution in [0, 0.1) is 0 Å². The van der Waals surface area contributed by atoms with Gasteiger partial charge in [0.1, 0.15) is 12.4 Å². The highest BCUT2D eigenvalue weighted by Crippen LogP contribution is 2.36. The van der Waals surface area contributed by atoms with E-state index in [1.165, 1.54) is 11.1 Å².